The number of alkyl halides is 3. The number of pyridine rings is 1. The van der Waals surface area contributed by atoms with E-state index < -0.39 is 28.3 Å². The third-order valence-electron chi connectivity index (χ3n) is 5.29. The van der Waals surface area contributed by atoms with Crippen molar-refractivity contribution in [3.05, 3.63) is 64.6 Å². The number of ether oxygens (including phenoxy) is 1. The van der Waals surface area contributed by atoms with E-state index in [2.05, 4.69) is 15.0 Å². The monoisotopic (exact) mass is 545 g/mol. The van der Waals surface area contributed by atoms with Gasteiger partial charge in [0.25, 0.3) is 10.0 Å². The number of hydrogen-bond acceptors (Lipinski definition) is 6. The van der Waals surface area contributed by atoms with E-state index in [1.807, 2.05) is 0 Å². The molecule has 0 saturated carbocycles. The van der Waals surface area contributed by atoms with E-state index in [0.717, 1.165) is 11.3 Å². The lowest BCUT2D eigenvalue weighted by Crippen LogP contribution is -2.45. The Balaban J connectivity index is 1.42. The third kappa shape index (κ3) is 6.13. The smallest absolute Gasteiger partial charge is 0.406 e. The number of aromatic nitrogens is 1. The lowest BCUT2D eigenvalue weighted by atomic mass is 10.1. The lowest BCUT2D eigenvalue weighted by Gasteiger charge is -2.22. The van der Waals surface area contributed by atoms with E-state index in [1.165, 1.54) is 46.9 Å². The highest BCUT2D eigenvalue weighted by Crippen LogP contribution is 2.32. The quantitative estimate of drug-likeness (QED) is 0.459. The fourth-order valence-corrected chi connectivity index (χ4v) is 6.99. The first kappa shape index (κ1) is 25.4. The zero-order valence-corrected chi connectivity index (χ0v) is 20.3. The van der Waals surface area contributed by atoms with Crippen LogP contribution >= 0.6 is 22.9 Å². The summed E-state index contributed by atoms with van der Waals surface area (Å²) in [6.45, 7) is 0.363. The van der Waals surface area contributed by atoms with E-state index in [9.17, 15) is 26.4 Å². The normalized spacial score (nSPS) is 16.9. The Morgan fingerprint density at radius 3 is 2.60 bits per heavy atom. The first-order valence-corrected chi connectivity index (χ1v) is 13.0. The van der Waals surface area contributed by atoms with Crippen LogP contribution in [-0.4, -0.2) is 42.6 Å². The van der Waals surface area contributed by atoms with Gasteiger partial charge in [-0.2, -0.15) is 4.31 Å². The Morgan fingerprint density at radius 1 is 1.20 bits per heavy atom. The summed E-state index contributed by atoms with van der Waals surface area (Å²) in [5, 5.41) is 2.77. The van der Waals surface area contributed by atoms with Crippen LogP contribution in [-0.2, 0) is 21.4 Å². The van der Waals surface area contributed by atoms with Gasteiger partial charge in [0.15, 0.2) is 0 Å². The van der Waals surface area contributed by atoms with Crippen LogP contribution in [0.25, 0.3) is 11.3 Å². The second-order valence-electron chi connectivity index (χ2n) is 7.67. The number of halogens is 4. The molecule has 0 aliphatic carbocycles. The molecule has 1 atom stereocenters. The average Bonchev–Trinajstić information content (AvgIpc) is 3.47. The molecule has 7 nitrogen and oxygen atoms in total. The number of nitrogens with zero attached hydrogens (tertiary/aromatic N) is 2. The molecule has 35 heavy (non-hydrogen) atoms. The number of thiophene rings is 1. The van der Waals surface area contributed by atoms with Crippen LogP contribution in [0.5, 0.6) is 5.75 Å². The zero-order valence-electron chi connectivity index (χ0n) is 18.0. The fourth-order valence-electron chi connectivity index (χ4n) is 3.72. The van der Waals surface area contributed by atoms with E-state index >= 15 is 0 Å². The van der Waals surface area contributed by atoms with Crippen LogP contribution in [0, 0.1) is 0 Å². The number of nitrogens with one attached hydrogen (secondary N) is 1. The predicted octanol–water partition coefficient (Wildman–Crippen LogP) is 4.83. The Hall–Kier alpha value is -2.67. The number of hydrogen-bond donors (Lipinski definition) is 1. The number of carbonyl (C=O) groups is 1. The summed E-state index contributed by atoms with van der Waals surface area (Å²) in [7, 11) is -3.84. The van der Waals surface area contributed by atoms with Gasteiger partial charge in [-0.3, -0.25) is 9.78 Å². The van der Waals surface area contributed by atoms with Crippen molar-refractivity contribution in [2.24, 2.45) is 0 Å². The molecule has 1 aliphatic heterocycles. The molecule has 4 rings (SSSR count). The Bertz CT molecular complexity index is 1310. The fraction of sp³-hybridized carbons (Fsp3) is 0.273. The van der Waals surface area contributed by atoms with E-state index in [-0.39, 0.29) is 23.0 Å². The summed E-state index contributed by atoms with van der Waals surface area (Å²) < 4.78 is 68.5. The molecule has 13 heteroatoms. The van der Waals surface area contributed by atoms with Crippen molar-refractivity contribution < 1.29 is 31.1 Å². The molecule has 1 aliphatic rings. The highest BCUT2D eigenvalue weighted by Gasteiger charge is 2.40. The lowest BCUT2D eigenvalue weighted by molar-refractivity contribution is -0.274. The van der Waals surface area contributed by atoms with Crippen molar-refractivity contribution in [2.75, 3.05) is 6.54 Å². The zero-order chi connectivity index (χ0) is 25.2. The van der Waals surface area contributed by atoms with Gasteiger partial charge in [-0.1, -0.05) is 11.6 Å². The van der Waals surface area contributed by atoms with Crippen LogP contribution in [0.3, 0.4) is 0 Å². The maximum atomic E-state index is 13.0. The highest BCUT2D eigenvalue weighted by atomic mass is 35.5. The molecule has 2 aromatic heterocycles. The number of carbonyl (C=O) groups excluding carboxylic acids is 1. The molecule has 1 amide bonds. The number of amides is 1. The minimum atomic E-state index is -4.77. The van der Waals surface area contributed by atoms with Crippen molar-refractivity contribution in [3.63, 3.8) is 0 Å². The molecule has 186 valence electrons. The van der Waals surface area contributed by atoms with Crippen LogP contribution in [0.15, 0.2) is 58.9 Å². The van der Waals surface area contributed by atoms with Gasteiger partial charge in [-0.05, 0) is 66.9 Å². The molecule has 3 heterocycles. The highest BCUT2D eigenvalue weighted by molar-refractivity contribution is 7.91. The molecule has 1 unspecified atom stereocenters. The topological polar surface area (TPSA) is 88.6 Å². The van der Waals surface area contributed by atoms with Crippen molar-refractivity contribution in [1.29, 1.82) is 0 Å². The molecular formula is C22H19ClF3N3O4S2. The van der Waals surface area contributed by atoms with Crippen LogP contribution in [0.2, 0.25) is 4.34 Å². The molecule has 3 aromatic rings. The SMILES string of the molecule is O=C(NCc1ccnc(-c2ccc(OC(F)(F)F)cc2)c1)C1CCCN1S(=O)(=O)c1ccc(Cl)s1. The first-order chi connectivity index (χ1) is 16.5. The number of rotatable bonds is 7. The maximum absolute atomic E-state index is 13.0. The summed E-state index contributed by atoms with van der Waals surface area (Å²) in [6.07, 6.45) is -2.30. The van der Waals surface area contributed by atoms with E-state index in [1.54, 1.807) is 12.1 Å². The van der Waals surface area contributed by atoms with Crippen molar-refractivity contribution in [3.8, 4) is 17.0 Å². The summed E-state index contributed by atoms with van der Waals surface area (Å²) in [5.41, 5.74) is 1.75. The van der Waals surface area contributed by atoms with Gasteiger partial charge in [-0.25, -0.2) is 8.42 Å². The predicted molar refractivity (Wildman–Crippen MR) is 124 cm³/mol. The van der Waals surface area contributed by atoms with Gasteiger partial charge in [-0.15, -0.1) is 24.5 Å². The van der Waals surface area contributed by atoms with Gasteiger partial charge < -0.3 is 10.1 Å². The molecule has 0 spiro atoms. The van der Waals surface area contributed by atoms with Crippen LogP contribution < -0.4 is 10.1 Å². The number of benzene rings is 1. The summed E-state index contributed by atoms with van der Waals surface area (Å²) in [5.74, 6) is -0.758. The van der Waals surface area contributed by atoms with Gasteiger partial charge in [0.1, 0.15) is 16.0 Å². The molecule has 0 bridgehead atoms. The Kier molecular flexibility index (Phi) is 7.36. The van der Waals surface area contributed by atoms with Crippen molar-refractivity contribution >= 4 is 38.9 Å². The van der Waals surface area contributed by atoms with E-state index in [4.69, 9.17) is 11.6 Å². The van der Waals surface area contributed by atoms with E-state index in [0.29, 0.717) is 34.0 Å². The molecule has 1 saturated heterocycles. The summed E-state index contributed by atoms with van der Waals surface area (Å²) in [6, 6.07) is 10.7. The first-order valence-electron chi connectivity index (χ1n) is 10.4. The van der Waals surface area contributed by atoms with Crippen molar-refractivity contribution in [1.82, 2.24) is 14.6 Å². The van der Waals surface area contributed by atoms with Gasteiger partial charge >= 0.3 is 6.36 Å². The van der Waals surface area contributed by atoms with Gasteiger partial charge in [0, 0.05) is 24.8 Å². The maximum Gasteiger partial charge on any atom is 0.573 e. The second-order valence-corrected chi connectivity index (χ2v) is 11.5. The Labute approximate surface area is 208 Å². The molecular weight excluding hydrogens is 527 g/mol. The average molecular weight is 546 g/mol. The standard InChI is InChI=1S/C22H19ClF3N3O4S2/c23-19-7-8-20(34-19)35(31,32)29-11-1-2-18(29)21(30)28-13-14-9-10-27-17(12-14)15-3-5-16(6-4-15)33-22(24,25)26/h3-10,12,18H,1-2,11,13H2,(H,28,30). The largest absolute Gasteiger partial charge is 0.573 e. The Morgan fingerprint density at radius 2 is 1.94 bits per heavy atom. The molecule has 1 fully saturated rings. The minimum absolute atomic E-state index is 0.0904. The van der Waals surface area contributed by atoms with Gasteiger partial charge in [0.05, 0.1) is 10.0 Å². The second kappa shape index (κ2) is 10.1. The summed E-state index contributed by atoms with van der Waals surface area (Å²) in [4.78, 5) is 17.1. The van der Waals surface area contributed by atoms with Gasteiger partial charge in [0.2, 0.25) is 5.91 Å². The molecule has 1 aromatic carbocycles. The number of sulfonamides is 1. The summed E-state index contributed by atoms with van der Waals surface area (Å²) >= 11 is 6.82. The third-order valence-corrected chi connectivity index (χ3v) is 8.90. The van der Waals surface area contributed by atoms with Crippen LogP contribution in [0.4, 0.5) is 13.2 Å². The molecule has 1 N–H and O–H groups in total. The van der Waals surface area contributed by atoms with Crippen molar-refractivity contribution in [2.45, 2.75) is 36.0 Å². The minimum Gasteiger partial charge on any atom is -0.406 e. The molecule has 0 radical (unpaired) electrons. The van der Waals surface area contributed by atoms with Crippen LogP contribution in [0.1, 0.15) is 18.4 Å².